The summed E-state index contributed by atoms with van der Waals surface area (Å²) in [6.45, 7) is 2.07. The molecule has 2 heterocycles. The quantitative estimate of drug-likeness (QED) is 0.333. The van der Waals surface area contributed by atoms with E-state index in [4.69, 9.17) is 20.8 Å². The maximum Gasteiger partial charge on any atom is 0.338 e. The fourth-order valence-electron chi connectivity index (χ4n) is 3.04. The number of hydrogen-bond donors (Lipinski definition) is 1. The third-order valence-electron chi connectivity index (χ3n) is 4.65. The van der Waals surface area contributed by atoms with Crippen molar-refractivity contribution in [3.63, 3.8) is 0 Å². The van der Waals surface area contributed by atoms with Crippen LogP contribution in [-0.2, 0) is 4.74 Å². The zero-order chi connectivity index (χ0) is 23.4. The van der Waals surface area contributed by atoms with Gasteiger partial charge in [0, 0.05) is 28.3 Å². The van der Waals surface area contributed by atoms with Gasteiger partial charge in [0.25, 0.3) is 5.56 Å². The Morgan fingerprint density at radius 2 is 1.73 bits per heavy atom. The van der Waals surface area contributed by atoms with E-state index in [1.54, 1.807) is 73.7 Å². The van der Waals surface area contributed by atoms with Crippen molar-refractivity contribution >= 4 is 46.8 Å². The van der Waals surface area contributed by atoms with Crippen LogP contribution >= 0.6 is 22.9 Å². The van der Waals surface area contributed by atoms with Crippen LogP contribution < -0.4 is 14.8 Å². The van der Waals surface area contributed by atoms with Gasteiger partial charge in [0.1, 0.15) is 11.5 Å². The van der Waals surface area contributed by atoms with Gasteiger partial charge in [-0.15, -0.1) is 11.3 Å². The summed E-state index contributed by atoms with van der Waals surface area (Å²) in [4.78, 5) is 39.2. The van der Waals surface area contributed by atoms with Crippen molar-refractivity contribution < 1.29 is 18.7 Å². The number of carbonyl (C=O) groups is 2. The largest absolute Gasteiger partial charge is 0.462 e. The first-order valence-corrected chi connectivity index (χ1v) is 11.2. The third-order valence-corrected chi connectivity index (χ3v) is 5.87. The summed E-state index contributed by atoms with van der Waals surface area (Å²) < 4.78 is 11.7. The van der Waals surface area contributed by atoms with Crippen LogP contribution in [0.15, 0.2) is 69.9 Å². The van der Waals surface area contributed by atoms with Gasteiger partial charge < -0.3 is 14.1 Å². The van der Waals surface area contributed by atoms with Crippen molar-refractivity contribution in [1.29, 1.82) is 0 Å². The SMILES string of the molecule is CCOC(=O)c1ccc(-c2ccc(/C=c3\s/c(=C\C(=O)c4ccc(Cl)cc4)[nH]c3=O)o2)cc1. The molecule has 2 aromatic carbocycles. The number of benzene rings is 2. The smallest absolute Gasteiger partial charge is 0.338 e. The fourth-order valence-corrected chi connectivity index (χ4v) is 4.03. The number of furan rings is 1. The Bertz CT molecular complexity index is 1480. The maximum atomic E-state index is 12.4. The molecule has 0 aliphatic rings. The van der Waals surface area contributed by atoms with Crippen molar-refractivity contribution in [2.75, 3.05) is 6.61 Å². The van der Waals surface area contributed by atoms with Crippen LogP contribution in [0.5, 0.6) is 0 Å². The van der Waals surface area contributed by atoms with E-state index < -0.39 is 0 Å². The Labute approximate surface area is 197 Å². The number of ketones is 1. The Morgan fingerprint density at radius 3 is 2.42 bits per heavy atom. The molecule has 0 unspecified atom stereocenters. The second-order valence-corrected chi connectivity index (χ2v) is 8.46. The van der Waals surface area contributed by atoms with Gasteiger partial charge in [0.15, 0.2) is 5.78 Å². The first kappa shape index (κ1) is 22.5. The van der Waals surface area contributed by atoms with Gasteiger partial charge >= 0.3 is 5.97 Å². The highest BCUT2D eigenvalue weighted by molar-refractivity contribution is 7.07. The first-order chi connectivity index (χ1) is 15.9. The summed E-state index contributed by atoms with van der Waals surface area (Å²) in [7, 11) is 0. The molecule has 8 heteroatoms. The summed E-state index contributed by atoms with van der Waals surface area (Å²) in [5, 5.41) is 0.542. The van der Waals surface area contributed by atoms with Crippen molar-refractivity contribution in [2.24, 2.45) is 0 Å². The average Bonchev–Trinajstić information content (AvgIpc) is 3.41. The third kappa shape index (κ3) is 5.39. The van der Waals surface area contributed by atoms with Gasteiger partial charge in [-0.05, 0) is 55.5 Å². The highest BCUT2D eigenvalue weighted by Gasteiger charge is 2.09. The molecule has 0 saturated carbocycles. The molecule has 0 spiro atoms. The zero-order valence-electron chi connectivity index (χ0n) is 17.5. The molecular formula is C25H18ClNO5S. The number of esters is 1. The van der Waals surface area contributed by atoms with Crippen LogP contribution in [0.4, 0.5) is 0 Å². The lowest BCUT2D eigenvalue weighted by Gasteiger charge is -2.02. The van der Waals surface area contributed by atoms with Gasteiger partial charge in [0.2, 0.25) is 0 Å². The summed E-state index contributed by atoms with van der Waals surface area (Å²) in [6, 6.07) is 16.9. The number of halogens is 1. The molecule has 2 aromatic heterocycles. The summed E-state index contributed by atoms with van der Waals surface area (Å²) in [5.41, 5.74) is 1.40. The summed E-state index contributed by atoms with van der Waals surface area (Å²) >= 11 is 7.01. The van der Waals surface area contributed by atoms with Crippen LogP contribution in [0.3, 0.4) is 0 Å². The molecule has 0 aliphatic carbocycles. The predicted molar refractivity (Wildman–Crippen MR) is 128 cm³/mol. The molecule has 1 N–H and O–H groups in total. The lowest BCUT2D eigenvalue weighted by Crippen LogP contribution is -2.19. The van der Waals surface area contributed by atoms with E-state index in [-0.39, 0.29) is 17.3 Å². The van der Waals surface area contributed by atoms with E-state index in [9.17, 15) is 14.4 Å². The van der Waals surface area contributed by atoms with Crippen molar-refractivity contribution in [2.45, 2.75) is 6.92 Å². The van der Waals surface area contributed by atoms with Gasteiger partial charge in [-0.3, -0.25) is 9.59 Å². The molecule has 0 aliphatic heterocycles. The number of thiazole rings is 1. The topological polar surface area (TPSA) is 89.4 Å². The van der Waals surface area contributed by atoms with Crippen LogP contribution in [0, 0.1) is 0 Å². The van der Waals surface area contributed by atoms with Gasteiger partial charge in [-0.2, -0.15) is 0 Å². The molecule has 6 nitrogen and oxygen atoms in total. The summed E-state index contributed by atoms with van der Waals surface area (Å²) in [6.07, 6.45) is 3.00. The van der Waals surface area contributed by atoms with Crippen LogP contribution in [0.1, 0.15) is 33.4 Å². The Hall–Kier alpha value is -3.68. The number of H-pyrrole nitrogens is 1. The lowest BCUT2D eigenvalue weighted by atomic mass is 10.1. The number of nitrogens with one attached hydrogen (secondary N) is 1. The molecule has 0 bridgehead atoms. The van der Waals surface area contributed by atoms with Crippen LogP contribution in [0.2, 0.25) is 5.02 Å². The predicted octanol–water partition coefficient (Wildman–Crippen LogP) is 4.02. The molecule has 0 radical (unpaired) electrons. The minimum Gasteiger partial charge on any atom is -0.462 e. The average molecular weight is 480 g/mol. The number of ether oxygens (including phenoxy) is 1. The van der Waals surface area contributed by atoms with E-state index in [0.29, 0.717) is 43.5 Å². The molecule has 0 amide bonds. The Balaban J connectivity index is 1.57. The minimum absolute atomic E-state index is 0.234. The Morgan fingerprint density at radius 1 is 1.03 bits per heavy atom. The van der Waals surface area contributed by atoms with E-state index in [0.717, 1.165) is 16.9 Å². The molecule has 0 saturated heterocycles. The van der Waals surface area contributed by atoms with E-state index in [1.807, 2.05) is 0 Å². The van der Waals surface area contributed by atoms with Gasteiger partial charge in [-0.25, -0.2) is 4.79 Å². The second kappa shape index (κ2) is 9.85. The molecule has 0 fully saturated rings. The van der Waals surface area contributed by atoms with Crippen molar-refractivity contribution in [1.82, 2.24) is 4.98 Å². The molecule has 4 rings (SSSR count). The number of carbonyl (C=O) groups excluding carboxylic acids is 2. The molecule has 4 aromatic rings. The summed E-state index contributed by atoms with van der Waals surface area (Å²) in [5.74, 6) is 0.468. The molecule has 0 atom stereocenters. The first-order valence-electron chi connectivity index (χ1n) is 10.0. The van der Waals surface area contributed by atoms with E-state index in [2.05, 4.69) is 4.98 Å². The fraction of sp³-hybridized carbons (Fsp3) is 0.0800. The lowest BCUT2D eigenvalue weighted by molar-refractivity contribution is 0.0526. The second-order valence-electron chi connectivity index (χ2n) is 6.94. The van der Waals surface area contributed by atoms with Crippen LogP contribution in [-0.4, -0.2) is 23.3 Å². The van der Waals surface area contributed by atoms with Crippen molar-refractivity contribution in [3.8, 4) is 11.3 Å². The minimum atomic E-state index is -0.378. The number of aromatic nitrogens is 1. The highest BCUT2D eigenvalue weighted by Crippen LogP contribution is 2.23. The highest BCUT2D eigenvalue weighted by atomic mass is 35.5. The van der Waals surface area contributed by atoms with Gasteiger partial charge in [-0.1, -0.05) is 23.7 Å². The number of rotatable bonds is 6. The number of Topliss-reactive ketones (excluding diaryl/α,β-unsaturated/α-hetero) is 1. The van der Waals surface area contributed by atoms with Crippen molar-refractivity contribution in [3.05, 3.63) is 102 Å². The zero-order valence-corrected chi connectivity index (χ0v) is 19.0. The van der Waals surface area contributed by atoms with E-state index >= 15 is 0 Å². The molecular weight excluding hydrogens is 462 g/mol. The molecule has 166 valence electrons. The normalized spacial score (nSPS) is 12.2. The maximum absolute atomic E-state index is 12.4. The monoisotopic (exact) mass is 479 g/mol. The van der Waals surface area contributed by atoms with Crippen LogP contribution in [0.25, 0.3) is 23.5 Å². The standard InChI is InChI=1S/C25H18ClNO5S/c1-2-31-25(30)17-5-3-16(4-6-17)21-12-11-19(32-21)13-22-24(29)27-23(33-22)14-20(28)15-7-9-18(26)10-8-15/h3-14H,2H2,1H3,(H,27,29)/b22-13-,23-14-. The Kier molecular flexibility index (Phi) is 6.72. The van der Waals surface area contributed by atoms with E-state index in [1.165, 1.54) is 6.08 Å². The molecule has 33 heavy (non-hydrogen) atoms. The van der Waals surface area contributed by atoms with Gasteiger partial charge in [0.05, 0.1) is 21.4 Å². The number of aromatic amines is 1. The number of hydrogen-bond acceptors (Lipinski definition) is 6.